The van der Waals surface area contributed by atoms with Gasteiger partial charge in [0.2, 0.25) is 11.8 Å². The Bertz CT molecular complexity index is 872. The molecule has 0 radical (unpaired) electrons. The van der Waals surface area contributed by atoms with Crippen LogP contribution in [0.4, 0.5) is 18.9 Å². The number of piperazine rings is 1. The minimum absolute atomic E-state index is 0.0878. The summed E-state index contributed by atoms with van der Waals surface area (Å²) in [6.07, 6.45) is 0. The van der Waals surface area contributed by atoms with E-state index < -0.39 is 11.6 Å². The van der Waals surface area contributed by atoms with Crippen LogP contribution >= 0.6 is 11.8 Å². The first kappa shape index (κ1) is 21.2. The highest BCUT2D eigenvalue weighted by atomic mass is 32.2. The average molecular weight is 423 g/mol. The Morgan fingerprint density at radius 2 is 1.62 bits per heavy atom. The molecule has 0 aromatic heterocycles. The normalized spacial score (nSPS) is 14.7. The standard InChI is InChI=1S/C20H20F3N3O2S/c21-14-1-3-15(4-2-14)24-19(27)12-25-7-9-26(10-8-25)20(28)13-29-16-5-6-17(22)18(23)11-16/h1-6,11H,7-10,12-13H2,(H,24,27). The van der Waals surface area contributed by atoms with Crippen molar-refractivity contribution in [1.82, 2.24) is 9.80 Å². The molecule has 1 saturated heterocycles. The second-order valence-corrected chi connectivity index (χ2v) is 7.63. The molecule has 1 aliphatic rings. The van der Waals surface area contributed by atoms with Gasteiger partial charge in [-0.05, 0) is 42.5 Å². The smallest absolute Gasteiger partial charge is 0.238 e. The molecule has 0 saturated carbocycles. The Labute approximate surface area is 170 Å². The molecule has 3 rings (SSSR count). The molecular weight excluding hydrogens is 403 g/mol. The maximum absolute atomic E-state index is 13.2. The summed E-state index contributed by atoms with van der Waals surface area (Å²) in [4.78, 5) is 28.6. The van der Waals surface area contributed by atoms with Gasteiger partial charge >= 0.3 is 0 Å². The molecule has 1 aliphatic heterocycles. The van der Waals surface area contributed by atoms with Crippen molar-refractivity contribution in [1.29, 1.82) is 0 Å². The van der Waals surface area contributed by atoms with Crippen LogP contribution in [0.5, 0.6) is 0 Å². The molecule has 0 bridgehead atoms. The van der Waals surface area contributed by atoms with Crippen molar-refractivity contribution in [3.05, 3.63) is 59.9 Å². The van der Waals surface area contributed by atoms with E-state index in [0.717, 1.165) is 23.9 Å². The molecule has 2 aromatic rings. The lowest BCUT2D eigenvalue weighted by atomic mass is 10.3. The highest BCUT2D eigenvalue weighted by Crippen LogP contribution is 2.21. The molecule has 5 nitrogen and oxygen atoms in total. The van der Waals surface area contributed by atoms with Crippen LogP contribution in [0, 0.1) is 17.5 Å². The molecule has 154 valence electrons. The first-order valence-electron chi connectivity index (χ1n) is 9.04. The maximum Gasteiger partial charge on any atom is 0.238 e. The summed E-state index contributed by atoms with van der Waals surface area (Å²) >= 11 is 1.16. The van der Waals surface area contributed by atoms with Gasteiger partial charge in [0.1, 0.15) is 5.82 Å². The number of nitrogens with zero attached hydrogens (tertiary/aromatic N) is 2. The van der Waals surface area contributed by atoms with Crippen molar-refractivity contribution in [2.24, 2.45) is 0 Å². The zero-order valence-electron chi connectivity index (χ0n) is 15.5. The van der Waals surface area contributed by atoms with Crippen molar-refractivity contribution >= 4 is 29.3 Å². The summed E-state index contributed by atoms with van der Waals surface area (Å²) in [6, 6.07) is 9.09. The van der Waals surface area contributed by atoms with Crippen LogP contribution in [0.1, 0.15) is 0 Å². The highest BCUT2D eigenvalue weighted by Gasteiger charge is 2.22. The molecule has 2 aromatic carbocycles. The number of benzene rings is 2. The molecule has 9 heteroatoms. The summed E-state index contributed by atoms with van der Waals surface area (Å²) < 4.78 is 39.1. The van der Waals surface area contributed by atoms with Crippen LogP contribution in [0.25, 0.3) is 0 Å². The Morgan fingerprint density at radius 3 is 2.28 bits per heavy atom. The third-order valence-electron chi connectivity index (χ3n) is 4.47. The van der Waals surface area contributed by atoms with Gasteiger partial charge in [-0.2, -0.15) is 0 Å². The molecule has 0 spiro atoms. The highest BCUT2D eigenvalue weighted by molar-refractivity contribution is 8.00. The molecule has 2 amide bonds. The van der Waals surface area contributed by atoms with Gasteiger partial charge in [-0.15, -0.1) is 11.8 Å². The van der Waals surface area contributed by atoms with Crippen molar-refractivity contribution in [2.45, 2.75) is 4.90 Å². The number of hydrogen-bond donors (Lipinski definition) is 1. The van der Waals surface area contributed by atoms with Crippen LogP contribution in [0.15, 0.2) is 47.4 Å². The molecular formula is C20H20F3N3O2S. The Morgan fingerprint density at radius 1 is 0.931 bits per heavy atom. The van der Waals surface area contributed by atoms with Crippen LogP contribution < -0.4 is 5.32 Å². The van der Waals surface area contributed by atoms with Gasteiger partial charge < -0.3 is 10.2 Å². The summed E-state index contributed by atoms with van der Waals surface area (Å²) in [5.74, 6) is -2.38. The minimum Gasteiger partial charge on any atom is -0.339 e. The van der Waals surface area contributed by atoms with Crippen molar-refractivity contribution in [3.8, 4) is 0 Å². The minimum atomic E-state index is -0.935. The number of halogens is 3. The average Bonchev–Trinajstić information content (AvgIpc) is 2.71. The first-order chi connectivity index (χ1) is 13.9. The Hall–Kier alpha value is -2.52. The van der Waals surface area contributed by atoms with Gasteiger partial charge in [0.25, 0.3) is 0 Å². The van der Waals surface area contributed by atoms with Crippen molar-refractivity contribution in [2.75, 3.05) is 43.8 Å². The first-order valence-corrected chi connectivity index (χ1v) is 10.0. The monoisotopic (exact) mass is 423 g/mol. The van der Waals surface area contributed by atoms with Gasteiger partial charge in [0, 0.05) is 36.8 Å². The lowest BCUT2D eigenvalue weighted by molar-refractivity contribution is -0.130. The summed E-state index contributed by atoms with van der Waals surface area (Å²) in [5.41, 5.74) is 0.527. The van der Waals surface area contributed by atoms with Crippen molar-refractivity contribution in [3.63, 3.8) is 0 Å². The second kappa shape index (κ2) is 9.80. The third-order valence-corrected chi connectivity index (χ3v) is 5.45. The molecule has 1 fully saturated rings. The van der Waals surface area contributed by atoms with E-state index in [1.165, 1.54) is 30.3 Å². The molecule has 0 unspecified atom stereocenters. The van der Waals surface area contributed by atoms with Gasteiger partial charge in [-0.3, -0.25) is 14.5 Å². The summed E-state index contributed by atoms with van der Waals surface area (Å²) in [5, 5.41) is 2.71. The molecule has 0 atom stereocenters. The van der Waals surface area contributed by atoms with E-state index in [0.29, 0.717) is 36.8 Å². The summed E-state index contributed by atoms with van der Waals surface area (Å²) in [7, 11) is 0. The quantitative estimate of drug-likeness (QED) is 0.726. The zero-order chi connectivity index (χ0) is 20.8. The number of carbonyl (C=O) groups excluding carboxylic acids is 2. The third kappa shape index (κ3) is 6.23. The molecule has 1 N–H and O–H groups in total. The number of rotatable bonds is 6. The van der Waals surface area contributed by atoms with Gasteiger partial charge in [0.05, 0.1) is 12.3 Å². The fourth-order valence-corrected chi connectivity index (χ4v) is 3.72. The van der Waals surface area contributed by atoms with E-state index >= 15 is 0 Å². The van der Waals surface area contributed by atoms with Gasteiger partial charge in [-0.25, -0.2) is 13.2 Å². The van der Waals surface area contributed by atoms with Gasteiger partial charge in [0.15, 0.2) is 11.6 Å². The predicted octanol–water partition coefficient (Wildman–Crippen LogP) is 2.98. The number of anilines is 1. The van der Waals surface area contributed by atoms with E-state index in [1.54, 1.807) is 4.90 Å². The van der Waals surface area contributed by atoms with E-state index in [2.05, 4.69) is 5.32 Å². The fourth-order valence-electron chi connectivity index (χ4n) is 2.90. The van der Waals surface area contributed by atoms with Crippen LogP contribution in [-0.2, 0) is 9.59 Å². The molecule has 1 heterocycles. The number of amides is 2. The van der Waals surface area contributed by atoms with Crippen LogP contribution in [-0.4, -0.2) is 60.1 Å². The van der Waals surface area contributed by atoms with Crippen molar-refractivity contribution < 1.29 is 22.8 Å². The number of hydrogen-bond acceptors (Lipinski definition) is 4. The lowest BCUT2D eigenvalue weighted by Gasteiger charge is -2.34. The van der Waals surface area contributed by atoms with Crippen LogP contribution in [0.2, 0.25) is 0 Å². The number of nitrogens with one attached hydrogen (secondary N) is 1. The second-order valence-electron chi connectivity index (χ2n) is 6.58. The summed E-state index contributed by atoms with van der Waals surface area (Å²) in [6.45, 7) is 2.27. The SMILES string of the molecule is O=C(CN1CCN(C(=O)CSc2ccc(F)c(F)c2)CC1)Nc1ccc(F)cc1. The molecule has 29 heavy (non-hydrogen) atoms. The van der Waals surface area contributed by atoms with E-state index in [9.17, 15) is 22.8 Å². The maximum atomic E-state index is 13.2. The Balaban J connectivity index is 1.40. The lowest BCUT2D eigenvalue weighted by Crippen LogP contribution is -2.50. The molecule has 0 aliphatic carbocycles. The van der Waals surface area contributed by atoms with Crippen LogP contribution in [0.3, 0.4) is 0 Å². The van der Waals surface area contributed by atoms with E-state index in [1.807, 2.05) is 4.90 Å². The van der Waals surface area contributed by atoms with E-state index in [4.69, 9.17) is 0 Å². The number of thioether (sulfide) groups is 1. The predicted molar refractivity (Wildman–Crippen MR) is 105 cm³/mol. The Kier molecular flexibility index (Phi) is 7.16. The largest absolute Gasteiger partial charge is 0.339 e. The zero-order valence-corrected chi connectivity index (χ0v) is 16.4. The van der Waals surface area contributed by atoms with Gasteiger partial charge in [-0.1, -0.05) is 0 Å². The topological polar surface area (TPSA) is 52.7 Å². The fraction of sp³-hybridized carbons (Fsp3) is 0.300. The van der Waals surface area contributed by atoms with E-state index in [-0.39, 0.29) is 29.9 Å². The number of carbonyl (C=O) groups is 2.